The summed E-state index contributed by atoms with van der Waals surface area (Å²) < 4.78 is 32.5. The smallest absolute Gasteiger partial charge is 0.338 e. The summed E-state index contributed by atoms with van der Waals surface area (Å²) in [6.45, 7) is 2.00. The minimum atomic E-state index is -3.17. The van der Waals surface area contributed by atoms with Crippen LogP contribution in [-0.4, -0.2) is 32.7 Å². The maximum Gasteiger partial charge on any atom is 0.338 e. The number of rotatable bonds is 5. The summed E-state index contributed by atoms with van der Waals surface area (Å²) in [6.07, 6.45) is 1.50. The second kappa shape index (κ2) is 6.74. The third-order valence-electron chi connectivity index (χ3n) is 3.03. The molecule has 6 nitrogen and oxygen atoms in total. The van der Waals surface area contributed by atoms with Crippen molar-refractivity contribution >= 4 is 21.8 Å². The number of hydrogen-bond donors (Lipinski definition) is 0. The molecule has 0 aliphatic carbocycles. The Balaban J connectivity index is 1.90. The van der Waals surface area contributed by atoms with Crippen molar-refractivity contribution < 1.29 is 27.5 Å². The molecule has 1 heterocycles. The highest BCUT2D eigenvalue weighted by Crippen LogP contribution is 2.20. The molecule has 1 atom stereocenters. The van der Waals surface area contributed by atoms with Crippen LogP contribution in [0.2, 0.25) is 0 Å². The summed E-state index contributed by atoms with van der Waals surface area (Å²) in [5.41, 5.74) is 0.367. The van der Waals surface area contributed by atoms with Crippen molar-refractivity contribution in [2.45, 2.75) is 13.3 Å². The standard InChI is InChI=1S/C15H16O6S/c1-2-20-15(17)12-3-5-13(6-4-12)21-14(16)9-11-7-8-22(18,19)10-11/h3-8,11H,2,9-10H2,1H3/t11-/m0/s1. The Labute approximate surface area is 128 Å². The van der Waals surface area contributed by atoms with E-state index in [1.165, 1.54) is 30.3 Å². The molecule has 0 radical (unpaired) electrons. The van der Waals surface area contributed by atoms with Crippen LogP contribution < -0.4 is 4.74 Å². The third kappa shape index (κ3) is 4.42. The summed E-state index contributed by atoms with van der Waals surface area (Å²) in [5, 5.41) is 1.12. The van der Waals surface area contributed by atoms with Gasteiger partial charge in [-0.2, -0.15) is 0 Å². The number of ether oxygens (including phenoxy) is 2. The van der Waals surface area contributed by atoms with Crippen LogP contribution in [0.4, 0.5) is 0 Å². The van der Waals surface area contributed by atoms with Crippen molar-refractivity contribution in [1.29, 1.82) is 0 Å². The van der Waals surface area contributed by atoms with Gasteiger partial charge in [0.1, 0.15) is 5.75 Å². The summed E-state index contributed by atoms with van der Waals surface area (Å²) in [6, 6.07) is 5.98. The minimum Gasteiger partial charge on any atom is -0.462 e. The highest BCUT2D eigenvalue weighted by Gasteiger charge is 2.24. The Bertz CT molecular complexity index is 687. The van der Waals surface area contributed by atoms with Gasteiger partial charge in [-0.1, -0.05) is 6.08 Å². The van der Waals surface area contributed by atoms with Crippen molar-refractivity contribution in [3.63, 3.8) is 0 Å². The molecule has 0 amide bonds. The van der Waals surface area contributed by atoms with E-state index in [0.29, 0.717) is 11.3 Å². The zero-order chi connectivity index (χ0) is 16.2. The van der Waals surface area contributed by atoms with Crippen molar-refractivity contribution in [3.8, 4) is 5.75 Å². The predicted molar refractivity (Wildman–Crippen MR) is 79.1 cm³/mol. The molecule has 0 N–H and O–H groups in total. The van der Waals surface area contributed by atoms with Gasteiger partial charge in [0.25, 0.3) is 0 Å². The monoisotopic (exact) mass is 324 g/mol. The summed E-state index contributed by atoms with van der Waals surface area (Å²) in [4.78, 5) is 23.2. The zero-order valence-electron chi connectivity index (χ0n) is 12.0. The van der Waals surface area contributed by atoms with E-state index in [-0.39, 0.29) is 24.7 Å². The van der Waals surface area contributed by atoms with Gasteiger partial charge >= 0.3 is 11.9 Å². The molecule has 2 rings (SSSR count). The van der Waals surface area contributed by atoms with Crippen LogP contribution >= 0.6 is 0 Å². The summed E-state index contributed by atoms with van der Waals surface area (Å²) in [7, 11) is -3.17. The van der Waals surface area contributed by atoms with Crippen LogP contribution in [0.3, 0.4) is 0 Å². The number of carbonyl (C=O) groups is 2. The van der Waals surface area contributed by atoms with Gasteiger partial charge < -0.3 is 9.47 Å². The SMILES string of the molecule is CCOC(=O)c1ccc(OC(=O)C[C@@H]2C=CS(=O)(=O)C2)cc1. The largest absolute Gasteiger partial charge is 0.462 e. The zero-order valence-corrected chi connectivity index (χ0v) is 12.8. The van der Waals surface area contributed by atoms with Crippen LogP contribution in [-0.2, 0) is 19.4 Å². The molecular formula is C15H16O6S. The first-order valence-electron chi connectivity index (χ1n) is 6.78. The Kier molecular flexibility index (Phi) is 4.97. The Morgan fingerprint density at radius 2 is 1.91 bits per heavy atom. The minimum absolute atomic E-state index is 0.00461. The molecule has 1 aromatic rings. The van der Waals surface area contributed by atoms with Crippen molar-refractivity contribution in [1.82, 2.24) is 0 Å². The molecule has 0 bridgehead atoms. The molecule has 1 aliphatic rings. The molecule has 0 fully saturated rings. The molecule has 1 aliphatic heterocycles. The average Bonchev–Trinajstić information content (AvgIpc) is 2.78. The van der Waals surface area contributed by atoms with Gasteiger partial charge in [0, 0.05) is 11.3 Å². The van der Waals surface area contributed by atoms with Crippen LogP contribution in [0.15, 0.2) is 35.7 Å². The van der Waals surface area contributed by atoms with Crippen LogP contribution in [0.5, 0.6) is 5.75 Å². The van der Waals surface area contributed by atoms with Crippen molar-refractivity contribution in [2.24, 2.45) is 5.92 Å². The number of hydrogen-bond acceptors (Lipinski definition) is 6. The van der Waals surface area contributed by atoms with E-state index in [1.54, 1.807) is 6.92 Å². The molecule has 0 saturated carbocycles. The van der Waals surface area contributed by atoms with Crippen LogP contribution in [0.1, 0.15) is 23.7 Å². The van der Waals surface area contributed by atoms with Gasteiger partial charge in [-0.3, -0.25) is 4.79 Å². The highest BCUT2D eigenvalue weighted by atomic mass is 32.2. The lowest BCUT2D eigenvalue weighted by molar-refractivity contribution is -0.134. The van der Waals surface area contributed by atoms with E-state index < -0.39 is 21.8 Å². The first kappa shape index (κ1) is 16.2. The molecule has 1 aromatic carbocycles. The van der Waals surface area contributed by atoms with Gasteiger partial charge in [-0.15, -0.1) is 0 Å². The summed E-state index contributed by atoms with van der Waals surface area (Å²) in [5.74, 6) is -1.08. The number of benzene rings is 1. The number of carbonyl (C=O) groups excluding carboxylic acids is 2. The first-order valence-corrected chi connectivity index (χ1v) is 8.50. The van der Waals surface area contributed by atoms with Gasteiger partial charge in [0.05, 0.1) is 24.3 Å². The lowest BCUT2D eigenvalue weighted by atomic mass is 10.1. The van der Waals surface area contributed by atoms with E-state index in [4.69, 9.17) is 9.47 Å². The normalized spacial score (nSPS) is 18.9. The fourth-order valence-corrected chi connectivity index (χ4v) is 3.43. The van der Waals surface area contributed by atoms with E-state index in [0.717, 1.165) is 5.41 Å². The highest BCUT2D eigenvalue weighted by molar-refractivity contribution is 7.94. The molecule has 118 valence electrons. The van der Waals surface area contributed by atoms with Crippen molar-refractivity contribution in [3.05, 3.63) is 41.3 Å². The fourth-order valence-electron chi connectivity index (χ4n) is 2.03. The quantitative estimate of drug-likeness (QED) is 0.605. The molecule has 0 aromatic heterocycles. The topological polar surface area (TPSA) is 86.7 Å². The second-order valence-electron chi connectivity index (χ2n) is 4.84. The second-order valence-corrected chi connectivity index (χ2v) is 6.77. The number of sulfone groups is 1. The third-order valence-corrected chi connectivity index (χ3v) is 4.50. The van der Waals surface area contributed by atoms with E-state index in [1.807, 2.05) is 0 Å². The fraction of sp³-hybridized carbons (Fsp3) is 0.333. The molecule has 0 spiro atoms. The molecule has 22 heavy (non-hydrogen) atoms. The number of allylic oxidation sites excluding steroid dienone is 1. The van der Waals surface area contributed by atoms with E-state index >= 15 is 0 Å². The predicted octanol–water partition coefficient (Wildman–Crippen LogP) is 1.72. The Morgan fingerprint density at radius 3 is 2.45 bits per heavy atom. The molecule has 7 heteroatoms. The lowest BCUT2D eigenvalue weighted by Crippen LogP contribution is -2.15. The molecule has 0 unspecified atom stereocenters. The van der Waals surface area contributed by atoms with E-state index in [9.17, 15) is 18.0 Å². The first-order chi connectivity index (χ1) is 10.4. The van der Waals surface area contributed by atoms with Crippen molar-refractivity contribution in [2.75, 3.05) is 12.4 Å². The molecular weight excluding hydrogens is 308 g/mol. The maximum absolute atomic E-state index is 11.8. The maximum atomic E-state index is 11.8. The molecule has 0 saturated heterocycles. The van der Waals surface area contributed by atoms with Crippen LogP contribution in [0, 0.1) is 5.92 Å². The van der Waals surface area contributed by atoms with Gasteiger partial charge in [0.2, 0.25) is 0 Å². The van der Waals surface area contributed by atoms with Crippen LogP contribution in [0.25, 0.3) is 0 Å². The van der Waals surface area contributed by atoms with Gasteiger partial charge in [-0.05, 0) is 31.2 Å². The Morgan fingerprint density at radius 1 is 1.23 bits per heavy atom. The van der Waals surface area contributed by atoms with Gasteiger partial charge in [-0.25, -0.2) is 13.2 Å². The summed E-state index contributed by atoms with van der Waals surface area (Å²) >= 11 is 0. The average molecular weight is 324 g/mol. The Hall–Kier alpha value is -2.15. The van der Waals surface area contributed by atoms with Gasteiger partial charge in [0.15, 0.2) is 9.84 Å². The number of esters is 2. The van der Waals surface area contributed by atoms with E-state index in [2.05, 4.69) is 0 Å². The lowest BCUT2D eigenvalue weighted by Gasteiger charge is -2.08.